The summed E-state index contributed by atoms with van der Waals surface area (Å²) >= 11 is 0. The van der Waals surface area contributed by atoms with Crippen LogP contribution in [0.4, 0.5) is 0 Å². The van der Waals surface area contributed by atoms with E-state index in [9.17, 15) is 14.4 Å². The number of carboxylic acids is 3. The van der Waals surface area contributed by atoms with Crippen molar-refractivity contribution in [2.75, 3.05) is 0 Å². The summed E-state index contributed by atoms with van der Waals surface area (Å²) in [6.45, 7) is 0. The minimum absolute atomic E-state index is 0. The average Bonchev–Trinajstić information content (AvgIpc) is 2.16. The maximum absolute atomic E-state index is 10.7. The first-order valence-electron chi connectivity index (χ1n) is 3.78. The first-order valence-corrected chi connectivity index (χ1v) is 3.78. The number of carboxylic acid groups (broad SMARTS) is 3. The second-order valence-corrected chi connectivity index (χ2v) is 2.64. The minimum Gasteiger partial charge on any atom is -0.478 e. The number of carbonyl (C=O) groups is 3. The van der Waals surface area contributed by atoms with Gasteiger partial charge in [-0.15, -0.1) is 0 Å². The van der Waals surface area contributed by atoms with Crippen LogP contribution in [0.2, 0.25) is 0 Å². The number of rotatable bonds is 3. The van der Waals surface area contributed by atoms with E-state index in [0.29, 0.717) is 0 Å². The summed E-state index contributed by atoms with van der Waals surface area (Å²) in [5.41, 5.74) is -1.79. The van der Waals surface area contributed by atoms with Gasteiger partial charge in [-0.05, 0) is 12.1 Å². The molecule has 1 aromatic carbocycles. The van der Waals surface area contributed by atoms with Gasteiger partial charge in [0.05, 0.1) is 16.7 Å². The van der Waals surface area contributed by atoms with Gasteiger partial charge in [-0.25, -0.2) is 14.4 Å². The molecule has 0 bridgehead atoms. The van der Waals surface area contributed by atoms with Gasteiger partial charge in [0.25, 0.3) is 0 Å². The SMILES string of the molecule is O=C(O)c1cccc(C(=O)O)c1C(=O)O.[Zn]. The Morgan fingerprint density at radius 1 is 0.812 bits per heavy atom. The Morgan fingerprint density at radius 2 is 1.19 bits per heavy atom. The van der Waals surface area contributed by atoms with Crippen LogP contribution in [0.1, 0.15) is 31.1 Å². The van der Waals surface area contributed by atoms with E-state index in [-0.39, 0.29) is 19.5 Å². The van der Waals surface area contributed by atoms with Crippen molar-refractivity contribution in [1.82, 2.24) is 0 Å². The summed E-state index contributed by atoms with van der Waals surface area (Å²) in [5, 5.41) is 26.0. The van der Waals surface area contributed by atoms with E-state index in [0.717, 1.165) is 12.1 Å². The van der Waals surface area contributed by atoms with E-state index in [2.05, 4.69) is 0 Å². The molecule has 0 atom stereocenters. The maximum Gasteiger partial charge on any atom is 0.337 e. The Hall–Kier alpha value is -1.75. The standard InChI is InChI=1S/C9H6O6.Zn/c10-7(11)4-2-1-3-5(8(12)13)6(4)9(14)15;/h1-3H,(H,10,11)(H,12,13)(H,14,15);. The van der Waals surface area contributed by atoms with Crippen molar-refractivity contribution in [3.05, 3.63) is 34.9 Å². The molecule has 80 valence electrons. The van der Waals surface area contributed by atoms with Crippen LogP contribution < -0.4 is 0 Å². The summed E-state index contributed by atoms with van der Waals surface area (Å²) < 4.78 is 0. The molecular weight excluding hydrogens is 269 g/mol. The topological polar surface area (TPSA) is 112 Å². The van der Waals surface area contributed by atoms with Gasteiger partial charge in [-0.2, -0.15) is 0 Å². The van der Waals surface area contributed by atoms with Crippen molar-refractivity contribution in [3.8, 4) is 0 Å². The zero-order valence-corrected chi connectivity index (χ0v) is 11.0. The fourth-order valence-electron chi connectivity index (χ4n) is 1.14. The molecule has 1 aromatic rings. The summed E-state index contributed by atoms with van der Waals surface area (Å²) in [7, 11) is 0. The van der Waals surface area contributed by atoms with Crippen molar-refractivity contribution in [2.45, 2.75) is 0 Å². The fourth-order valence-corrected chi connectivity index (χ4v) is 1.14. The van der Waals surface area contributed by atoms with Crippen molar-refractivity contribution in [2.24, 2.45) is 0 Å². The van der Waals surface area contributed by atoms with Gasteiger partial charge in [-0.3, -0.25) is 0 Å². The largest absolute Gasteiger partial charge is 0.478 e. The summed E-state index contributed by atoms with van der Waals surface area (Å²) in [6, 6.07) is 3.26. The zero-order chi connectivity index (χ0) is 11.6. The Morgan fingerprint density at radius 3 is 1.44 bits per heavy atom. The quantitative estimate of drug-likeness (QED) is 0.703. The third-order valence-electron chi connectivity index (χ3n) is 1.74. The van der Waals surface area contributed by atoms with Gasteiger partial charge in [-0.1, -0.05) is 6.07 Å². The van der Waals surface area contributed by atoms with Crippen LogP contribution in [-0.2, 0) is 19.5 Å². The summed E-state index contributed by atoms with van der Waals surface area (Å²) in [4.78, 5) is 32.0. The van der Waals surface area contributed by atoms with E-state index in [1.165, 1.54) is 6.07 Å². The fraction of sp³-hybridized carbons (Fsp3) is 0. The molecule has 0 fully saturated rings. The third kappa shape index (κ3) is 2.64. The van der Waals surface area contributed by atoms with Crippen molar-refractivity contribution >= 4 is 17.9 Å². The molecule has 0 spiro atoms. The molecule has 6 nitrogen and oxygen atoms in total. The summed E-state index contributed by atoms with van der Waals surface area (Å²) in [5.74, 6) is -4.53. The van der Waals surface area contributed by atoms with Crippen LogP contribution in [0.3, 0.4) is 0 Å². The first-order chi connectivity index (χ1) is 6.95. The van der Waals surface area contributed by atoms with E-state index in [4.69, 9.17) is 15.3 Å². The van der Waals surface area contributed by atoms with Crippen LogP contribution in [0.5, 0.6) is 0 Å². The van der Waals surface area contributed by atoms with Crippen LogP contribution in [0, 0.1) is 0 Å². The van der Waals surface area contributed by atoms with Gasteiger partial charge in [0.15, 0.2) is 0 Å². The molecule has 0 aromatic heterocycles. The average molecular weight is 276 g/mol. The van der Waals surface area contributed by atoms with E-state index < -0.39 is 34.6 Å². The van der Waals surface area contributed by atoms with Crippen LogP contribution in [0.25, 0.3) is 0 Å². The molecule has 0 amide bonds. The second-order valence-electron chi connectivity index (χ2n) is 2.64. The molecule has 1 rings (SSSR count). The van der Waals surface area contributed by atoms with Crippen molar-refractivity contribution < 1.29 is 49.2 Å². The Balaban J connectivity index is 0.00000225. The van der Waals surface area contributed by atoms with Gasteiger partial charge < -0.3 is 15.3 Å². The van der Waals surface area contributed by atoms with Gasteiger partial charge in [0.2, 0.25) is 0 Å². The number of hydrogen-bond donors (Lipinski definition) is 3. The monoisotopic (exact) mass is 274 g/mol. The summed E-state index contributed by atoms with van der Waals surface area (Å²) in [6.07, 6.45) is 0. The second kappa shape index (κ2) is 5.37. The Kier molecular flexibility index (Phi) is 4.78. The molecule has 0 aliphatic rings. The molecule has 16 heavy (non-hydrogen) atoms. The smallest absolute Gasteiger partial charge is 0.337 e. The van der Waals surface area contributed by atoms with Gasteiger partial charge in [0, 0.05) is 19.5 Å². The number of hydrogen-bond acceptors (Lipinski definition) is 3. The van der Waals surface area contributed by atoms with Gasteiger partial charge in [0.1, 0.15) is 0 Å². The number of aromatic carboxylic acids is 3. The van der Waals surface area contributed by atoms with Crippen LogP contribution in [0.15, 0.2) is 18.2 Å². The predicted octanol–water partition coefficient (Wildman–Crippen LogP) is 0.779. The molecule has 0 radical (unpaired) electrons. The molecule has 7 heteroatoms. The number of benzene rings is 1. The molecule has 0 heterocycles. The molecule has 3 N–H and O–H groups in total. The normalized spacial score (nSPS) is 9.00. The Labute approximate surface area is 102 Å². The molecule has 0 saturated heterocycles. The molecule has 0 aliphatic carbocycles. The molecule has 0 aliphatic heterocycles. The Bertz CT molecular complexity index is 421. The molecular formula is C9H6O6Zn. The van der Waals surface area contributed by atoms with Crippen LogP contribution in [-0.4, -0.2) is 33.2 Å². The van der Waals surface area contributed by atoms with E-state index >= 15 is 0 Å². The zero-order valence-electron chi connectivity index (χ0n) is 8.01. The molecule has 0 saturated carbocycles. The molecule has 0 unspecified atom stereocenters. The van der Waals surface area contributed by atoms with E-state index in [1.54, 1.807) is 0 Å². The van der Waals surface area contributed by atoms with Crippen LogP contribution >= 0.6 is 0 Å². The first kappa shape index (κ1) is 14.3. The van der Waals surface area contributed by atoms with Crippen molar-refractivity contribution in [1.29, 1.82) is 0 Å². The van der Waals surface area contributed by atoms with E-state index in [1.807, 2.05) is 0 Å². The van der Waals surface area contributed by atoms with Crippen molar-refractivity contribution in [3.63, 3.8) is 0 Å². The third-order valence-corrected chi connectivity index (χ3v) is 1.74. The maximum atomic E-state index is 10.7. The minimum atomic E-state index is -1.58. The van der Waals surface area contributed by atoms with Gasteiger partial charge >= 0.3 is 17.9 Å². The predicted molar refractivity (Wildman–Crippen MR) is 47.3 cm³/mol.